The first kappa shape index (κ1) is 13.9. The van der Waals surface area contributed by atoms with Gasteiger partial charge in [0.05, 0.1) is 22.3 Å². The number of fused-ring (bicyclic) bond motifs is 1. The molecule has 0 spiro atoms. The van der Waals surface area contributed by atoms with Gasteiger partial charge in [-0.05, 0) is 36.4 Å². The Morgan fingerprint density at radius 1 is 1.00 bits per heavy atom. The normalized spacial score (nSPS) is 11.8. The fourth-order valence-corrected chi connectivity index (χ4v) is 2.86. The molecular weight excluding hydrogens is 297 g/mol. The first-order valence-electron chi connectivity index (χ1n) is 6.28. The number of alkyl halides is 3. The van der Waals surface area contributed by atoms with Crippen LogP contribution in [0.1, 0.15) is 10.6 Å². The van der Waals surface area contributed by atoms with Crippen molar-refractivity contribution in [2.45, 2.75) is 12.7 Å². The summed E-state index contributed by atoms with van der Waals surface area (Å²) in [7, 11) is 0. The zero-order valence-corrected chi connectivity index (χ0v) is 11.6. The molecule has 1 heterocycles. The number of nitrogens with one attached hydrogen (secondary N) is 1. The van der Waals surface area contributed by atoms with Crippen molar-refractivity contribution in [1.29, 1.82) is 0 Å². The Morgan fingerprint density at radius 3 is 2.38 bits per heavy atom. The van der Waals surface area contributed by atoms with E-state index in [1.165, 1.54) is 12.1 Å². The number of aromatic nitrogens is 1. The first-order chi connectivity index (χ1) is 10.0. The van der Waals surface area contributed by atoms with Gasteiger partial charge in [0.2, 0.25) is 0 Å². The Morgan fingerprint density at radius 2 is 1.71 bits per heavy atom. The first-order valence-corrected chi connectivity index (χ1v) is 7.09. The number of para-hydroxylation sites is 1. The Balaban J connectivity index is 1.69. The van der Waals surface area contributed by atoms with Crippen molar-refractivity contribution >= 4 is 27.2 Å². The van der Waals surface area contributed by atoms with E-state index in [4.69, 9.17) is 0 Å². The smallest absolute Gasteiger partial charge is 0.379 e. The summed E-state index contributed by atoms with van der Waals surface area (Å²) in [4.78, 5) is 4.46. The highest BCUT2D eigenvalue weighted by molar-refractivity contribution is 7.18. The number of thiazole rings is 1. The molecule has 21 heavy (non-hydrogen) atoms. The molecule has 0 fully saturated rings. The minimum atomic E-state index is -4.30. The van der Waals surface area contributed by atoms with E-state index in [1.54, 1.807) is 11.3 Å². The lowest BCUT2D eigenvalue weighted by molar-refractivity contribution is -0.137. The Bertz CT molecular complexity index is 714. The van der Waals surface area contributed by atoms with Crippen LogP contribution in [0.4, 0.5) is 18.9 Å². The van der Waals surface area contributed by atoms with Gasteiger partial charge in [0.15, 0.2) is 0 Å². The van der Waals surface area contributed by atoms with E-state index in [0.29, 0.717) is 12.2 Å². The fourth-order valence-electron chi connectivity index (χ4n) is 1.95. The summed E-state index contributed by atoms with van der Waals surface area (Å²) in [5.74, 6) is 0. The van der Waals surface area contributed by atoms with Crippen molar-refractivity contribution in [3.63, 3.8) is 0 Å². The van der Waals surface area contributed by atoms with E-state index in [2.05, 4.69) is 10.3 Å². The number of benzene rings is 2. The average molecular weight is 308 g/mol. The summed E-state index contributed by atoms with van der Waals surface area (Å²) in [6.07, 6.45) is -4.30. The van der Waals surface area contributed by atoms with Gasteiger partial charge in [-0.2, -0.15) is 13.2 Å². The molecule has 1 aromatic heterocycles. The quantitative estimate of drug-likeness (QED) is 0.742. The van der Waals surface area contributed by atoms with Gasteiger partial charge in [-0.25, -0.2) is 4.98 Å². The summed E-state index contributed by atoms with van der Waals surface area (Å²) in [6.45, 7) is 0.491. The highest BCUT2D eigenvalue weighted by atomic mass is 32.1. The van der Waals surface area contributed by atoms with Crippen molar-refractivity contribution in [2.24, 2.45) is 0 Å². The Labute approximate surface area is 123 Å². The van der Waals surface area contributed by atoms with Gasteiger partial charge in [-0.3, -0.25) is 0 Å². The van der Waals surface area contributed by atoms with E-state index in [9.17, 15) is 13.2 Å². The number of anilines is 1. The second kappa shape index (κ2) is 5.37. The van der Waals surface area contributed by atoms with Crippen LogP contribution in [0, 0.1) is 0 Å². The monoisotopic (exact) mass is 308 g/mol. The minimum absolute atomic E-state index is 0.491. The zero-order valence-electron chi connectivity index (χ0n) is 10.8. The fraction of sp³-hybridized carbons (Fsp3) is 0.133. The standard InChI is InChI=1S/C15H11F3N2S/c16-15(17,18)10-5-7-11(8-6-10)19-9-14-20-12-3-1-2-4-13(12)21-14/h1-8,19H,9H2. The molecule has 6 heteroatoms. The van der Waals surface area contributed by atoms with Crippen LogP contribution in [0.3, 0.4) is 0 Å². The lowest BCUT2D eigenvalue weighted by atomic mass is 10.2. The van der Waals surface area contributed by atoms with Crippen LogP contribution >= 0.6 is 11.3 Å². The lowest BCUT2D eigenvalue weighted by Gasteiger charge is -2.08. The molecular formula is C15H11F3N2S. The molecule has 0 unspecified atom stereocenters. The molecule has 0 atom stereocenters. The van der Waals surface area contributed by atoms with Crippen molar-refractivity contribution in [2.75, 3.05) is 5.32 Å². The number of nitrogens with zero attached hydrogens (tertiary/aromatic N) is 1. The molecule has 0 bridgehead atoms. The van der Waals surface area contributed by atoms with Crippen LogP contribution < -0.4 is 5.32 Å². The van der Waals surface area contributed by atoms with Crippen LogP contribution in [-0.4, -0.2) is 4.98 Å². The number of halogens is 3. The summed E-state index contributed by atoms with van der Waals surface area (Å²) in [5, 5.41) is 3.98. The van der Waals surface area contributed by atoms with Gasteiger partial charge >= 0.3 is 6.18 Å². The SMILES string of the molecule is FC(F)(F)c1ccc(NCc2nc3ccccc3s2)cc1. The molecule has 0 radical (unpaired) electrons. The molecule has 0 saturated heterocycles. The highest BCUT2D eigenvalue weighted by Gasteiger charge is 2.29. The number of hydrogen-bond donors (Lipinski definition) is 1. The molecule has 0 amide bonds. The molecule has 0 saturated carbocycles. The third kappa shape index (κ3) is 3.16. The summed E-state index contributed by atoms with van der Waals surface area (Å²) in [6, 6.07) is 12.8. The van der Waals surface area contributed by atoms with Crippen molar-refractivity contribution in [3.8, 4) is 0 Å². The summed E-state index contributed by atoms with van der Waals surface area (Å²) >= 11 is 1.57. The molecule has 1 N–H and O–H groups in total. The van der Waals surface area contributed by atoms with Crippen molar-refractivity contribution < 1.29 is 13.2 Å². The minimum Gasteiger partial charge on any atom is -0.379 e. The van der Waals surface area contributed by atoms with Crippen LogP contribution in [0.2, 0.25) is 0 Å². The van der Waals surface area contributed by atoms with E-state index < -0.39 is 11.7 Å². The summed E-state index contributed by atoms with van der Waals surface area (Å²) < 4.78 is 38.5. The second-order valence-electron chi connectivity index (χ2n) is 4.50. The van der Waals surface area contributed by atoms with Crippen molar-refractivity contribution in [1.82, 2.24) is 4.98 Å². The van der Waals surface area contributed by atoms with Gasteiger partial charge in [-0.15, -0.1) is 11.3 Å². The average Bonchev–Trinajstić information content (AvgIpc) is 2.87. The molecule has 3 rings (SSSR count). The predicted octanol–water partition coefficient (Wildman–Crippen LogP) is 4.93. The molecule has 2 aromatic carbocycles. The van der Waals surface area contributed by atoms with E-state index >= 15 is 0 Å². The van der Waals surface area contributed by atoms with Crippen molar-refractivity contribution in [3.05, 3.63) is 59.1 Å². The van der Waals surface area contributed by atoms with Gasteiger partial charge < -0.3 is 5.32 Å². The predicted molar refractivity (Wildman–Crippen MR) is 78.4 cm³/mol. The third-order valence-electron chi connectivity index (χ3n) is 2.99. The molecule has 3 aromatic rings. The van der Waals surface area contributed by atoms with Crippen LogP contribution in [0.15, 0.2) is 48.5 Å². The van der Waals surface area contributed by atoms with Crippen LogP contribution in [0.5, 0.6) is 0 Å². The Kier molecular flexibility index (Phi) is 3.55. The maximum Gasteiger partial charge on any atom is 0.416 e. The van der Waals surface area contributed by atoms with E-state index in [0.717, 1.165) is 27.4 Å². The van der Waals surface area contributed by atoms with Gasteiger partial charge in [0.25, 0.3) is 0 Å². The van der Waals surface area contributed by atoms with E-state index in [1.807, 2.05) is 24.3 Å². The maximum atomic E-state index is 12.5. The number of rotatable bonds is 3. The van der Waals surface area contributed by atoms with Gasteiger partial charge in [0, 0.05) is 5.69 Å². The van der Waals surface area contributed by atoms with Gasteiger partial charge in [-0.1, -0.05) is 12.1 Å². The maximum absolute atomic E-state index is 12.5. The van der Waals surface area contributed by atoms with Crippen LogP contribution in [-0.2, 0) is 12.7 Å². The van der Waals surface area contributed by atoms with Gasteiger partial charge in [0.1, 0.15) is 5.01 Å². The topological polar surface area (TPSA) is 24.9 Å². The molecule has 0 aliphatic carbocycles. The summed E-state index contributed by atoms with van der Waals surface area (Å²) in [5.41, 5.74) is 0.932. The second-order valence-corrected chi connectivity index (χ2v) is 5.62. The van der Waals surface area contributed by atoms with Crippen LogP contribution in [0.25, 0.3) is 10.2 Å². The number of hydrogen-bond acceptors (Lipinski definition) is 3. The third-order valence-corrected chi connectivity index (χ3v) is 4.03. The molecule has 108 valence electrons. The zero-order chi connectivity index (χ0) is 14.9. The largest absolute Gasteiger partial charge is 0.416 e. The molecule has 2 nitrogen and oxygen atoms in total. The lowest BCUT2D eigenvalue weighted by Crippen LogP contribution is -2.05. The molecule has 0 aliphatic rings. The molecule has 0 aliphatic heterocycles. The van der Waals surface area contributed by atoms with E-state index in [-0.39, 0.29) is 0 Å². The Hall–Kier alpha value is -2.08. The highest BCUT2D eigenvalue weighted by Crippen LogP contribution is 2.30.